The van der Waals surface area contributed by atoms with E-state index in [2.05, 4.69) is 43.3 Å². The molecule has 1 fully saturated rings. The van der Waals surface area contributed by atoms with Crippen molar-refractivity contribution < 1.29 is 23.3 Å². The topological polar surface area (TPSA) is 110 Å². The average Bonchev–Trinajstić information content (AvgIpc) is 3.11. The Morgan fingerprint density at radius 3 is 2.82 bits per heavy atom. The van der Waals surface area contributed by atoms with Crippen LogP contribution in [0.25, 0.3) is 0 Å². The van der Waals surface area contributed by atoms with Gasteiger partial charge in [-0.15, -0.1) is 4.36 Å². The zero-order valence-electron chi connectivity index (χ0n) is 28.0. The molecule has 0 radical (unpaired) electrons. The first kappa shape index (κ1) is 35.1. The molecule has 1 aliphatic carbocycles. The van der Waals surface area contributed by atoms with Gasteiger partial charge in [-0.1, -0.05) is 35.9 Å². The van der Waals surface area contributed by atoms with Gasteiger partial charge in [-0.2, -0.15) is 0 Å². The molecule has 11 heteroatoms. The van der Waals surface area contributed by atoms with Crippen LogP contribution < -0.4 is 14.4 Å². The first-order valence-corrected chi connectivity index (χ1v) is 19.3. The van der Waals surface area contributed by atoms with E-state index in [1.807, 2.05) is 30.3 Å². The Morgan fingerprint density at radius 1 is 1.12 bits per heavy atom. The third-order valence-electron chi connectivity index (χ3n) is 9.78. The number of nitrogens with zero attached hydrogens (tertiary/aromatic N) is 3. The number of methoxy groups -OCH3 is 1. The highest BCUT2D eigenvalue weighted by molar-refractivity contribution is 7.92. The lowest BCUT2D eigenvalue weighted by Gasteiger charge is -2.43. The molecule has 2 bridgehead atoms. The number of allylic oxidation sites excluding steroid dienone is 1. The molecule has 3 heterocycles. The number of anilines is 1. The van der Waals surface area contributed by atoms with Crippen molar-refractivity contribution in [2.24, 2.45) is 16.2 Å². The quantitative estimate of drug-likeness (QED) is 0.282. The second-order valence-corrected chi connectivity index (χ2v) is 15.7. The Morgan fingerprint density at radius 2 is 2.02 bits per heavy atom. The molecule has 0 unspecified atom stereocenters. The molecular formula is C38H45ClN4O5S. The molecule has 9 nitrogen and oxygen atoms in total. The lowest BCUT2D eigenvalue weighted by Crippen LogP contribution is -2.43. The Labute approximate surface area is 294 Å². The van der Waals surface area contributed by atoms with Gasteiger partial charge in [0.1, 0.15) is 15.7 Å². The summed E-state index contributed by atoms with van der Waals surface area (Å²) in [6.45, 7) is 1.89. The van der Waals surface area contributed by atoms with Crippen LogP contribution in [0.15, 0.2) is 77.4 Å². The summed E-state index contributed by atoms with van der Waals surface area (Å²) in [6.07, 6.45) is 14.0. The number of carbonyl (C=O) groups excluding carboxylic acids is 2. The van der Waals surface area contributed by atoms with E-state index >= 15 is 0 Å². The van der Waals surface area contributed by atoms with Crippen LogP contribution in [0.5, 0.6) is 5.75 Å². The zero-order valence-corrected chi connectivity index (χ0v) is 29.6. The Bertz CT molecular complexity index is 1790. The smallest absolute Gasteiger partial charge is 0.286 e. The van der Waals surface area contributed by atoms with Crippen molar-refractivity contribution in [2.45, 2.75) is 70.4 Å². The van der Waals surface area contributed by atoms with Gasteiger partial charge in [0.05, 0.1) is 24.2 Å². The summed E-state index contributed by atoms with van der Waals surface area (Å²) in [6, 6.07) is 15.1. The minimum atomic E-state index is -3.42. The largest absolute Gasteiger partial charge is 0.491 e. The van der Waals surface area contributed by atoms with Gasteiger partial charge in [0, 0.05) is 49.6 Å². The molecule has 1 aromatic heterocycles. The van der Waals surface area contributed by atoms with Gasteiger partial charge in [0.15, 0.2) is 0 Å². The predicted molar refractivity (Wildman–Crippen MR) is 193 cm³/mol. The number of aryl methyl sites for hydroxylation is 2. The number of amides is 2. The summed E-state index contributed by atoms with van der Waals surface area (Å²) < 4.78 is 33.4. The van der Waals surface area contributed by atoms with E-state index in [1.165, 1.54) is 11.1 Å². The molecule has 260 valence electrons. The number of hydrogen-bond donors (Lipinski definition) is 1. The highest BCUT2D eigenvalue weighted by Gasteiger charge is 2.38. The fourth-order valence-electron chi connectivity index (χ4n) is 6.95. The normalized spacial score (nSPS) is 25.2. The van der Waals surface area contributed by atoms with Crippen LogP contribution in [0, 0.1) is 11.8 Å². The lowest BCUT2D eigenvalue weighted by molar-refractivity contribution is -0.119. The van der Waals surface area contributed by atoms with Gasteiger partial charge >= 0.3 is 0 Å². The first-order valence-electron chi connectivity index (χ1n) is 17.3. The van der Waals surface area contributed by atoms with Crippen LogP contribution in [0.2, 0.25) is 5.02 Å². The van der Waals surface area contributed by atoms with E-state index in [1.54, 1.807) is 25.6 Å². The lowest BCUT2D eigenvalue weighted by atomic mass is 9.70. The number of fused-ring (bicyclic) bond motifs is 3. The van der Waals surface area contributed by atoms with Gasteiger partial charge in [-0.3, -0.25) is 19.3 Å². The second kappa shape index (κ2) is 16.3. The van der Waals surface area contributed by atoms with E-state index < -0.39 is 21.7 Å². The molecule has 0 saturated heterocycles. The summed E-state index contributed by atoms with van der Waals surface area (Å²) in [5.41, 5.74) is 4.38. The summed E-state index contributed by atoms with van der Waals surface area (Å²) in [4.78, 5) is 33.3. The van der Waals surface area contributed by atoms with Crippen molar-refractivity contribution in [3.05, 3.63) is 100 Å². The van der Waals surface area contributed by atoms with Gasteiger partial charge < -0.3 is 14.4 Å². The third-order valence-corrected chi connectivity index (χ3v) is 11.9. The van der Waals surface area contributed by atoms with Crippen molar-refractivity contribution in [1.82, 2.24) is 9.71 Å². The number of carbonyl (C=O) groups is 2. The van der Waals surface area contributed by atoms with Crippen LogP contribution >= 0.6 is 11.6 Å². The summed E-state index contributed by atoms with van der Waals surface area (Å²) in [5, 5.41) is 0.717. The van der Waals surface area contributed by atoms with E-state index in [0.717, 1.165) is 49.9 Å². The van der Waals surface area contributed by atoms with E-state index in [0.29, 0.717) is 60.6 Å². The van der Waals surface area contributed by atoms with Crippen LogP contribution in [-0.2, 0) is 38.8 Å². The maximum atomic E-state index is 14.2. The SMILES string of the molecule is CO[C@H]1/C=C/CCC[S@@](=O)(NC(=O)CCc2cccnc2)=NC(=O)c2ccc3c(c2)N(Cc2ccc(Cl)cc2CCCCO3)C[C@@H]2CC[C@H]21. The van der Waals surface area contributed by atoms with Crippen molar-refractivity contribution in [2.75, 3.05) is 30.9 Å². The number of ether oxygens (including phenoxy) is 2. The van der Waals surface area contributed by atoms with E-state index in [-0.39, 0.29) is 18.3 Å². The maximum Gasteiger partial charge on any atom is 0.286 e. The molecule has 3 aliphatic rings. The van der Waals surface area contributed by atoms with Crippen molar-refractivity contribution in [1.29, 1.82) is 0 Å². The highest BCUT2D eigenvalue weighted by Crippen LogP contribution is 2.42. The number of halogens is 1. The fraction of sp³-hybridized carbons (Fsp3) is 0.447. The minimum Gasteiger partial charge on any atom is -0.491 e. The highest BCUT2D eigenvalue weighted by atomic mass is 35.5. The molecule has 4 atom stereocenters. The zero-order chi connectivity index (χ0) is 34.2. The van der Waals surface area contributed by atoms with Gasteiger partial charge in [0.2, 0.25) is 5.91 Å². The van der Waals surface area contributed by atoms with Gasteiger partial charge in [-0.25, -0.2) is 4.21 Å². The number of benzene rings is 2. The first-order chi connectivity index (χ1) is 23.8. The van der Waals surface area contributed by atoms with E-state index in [4.69, 9.17) is 21.1 Å². The number of rotatable bonds is 5. The molecule has 1 N–H and O–H groups in total. The minimum absolute atomic E-state index is 0.0466. The summed E-state index contributed by atoms with van der Waals surface area (Å²) in [7, 11) is -1.66. The van der Waals surface area contributed by atoms with Crippen molar-refractivity contribution in [3.63, 3.8) is 0 Å². The predicted octanol–water partition coefficient (Wildman–Crippen LogP) is 7.12. The van der Waals surface area contributed by atoms with Crippen LogP contribution in [0.3, 0.4) is 0 Å². The molecule has 2 amide bonds. The van der Waals surface area contributed by atoms with Crippen LogP contribution in [0.4, 0.5) is 5.69 Å². The second-order valence-electron chi connectivity index (χ2n) is 13.2. The molecule has 0 spiro atoms. The van der Waals surface area contributed by atoms with Crippen LogP contribution in [-0.4, -0.2) is 53.1 Å². The Kier molecular flexibility index (Phi) is 11.7. The van der Waals surface area contributed by atoms with Gasteiger partial charge in [-0.05, 0) is 116 Å². The molecule has 1 saturated carbocycles. The number of hydrogen-bond acceptors (Lipinski definition) is 7. The van der Waals surface area contributed by atoms with Crippen molar-refractivity contribution in [3.8, 4) is 5.75 Å². The van der Waals surface area contributed by atoms with Crippen molar-refractivity contribution >= 4 is 39.0 Å². The Balaban J connectivity index is 1.38. The molecule has 3 aromatic rings. The molecule has 2 aromatic carbocycles. The molecule has 6 rings (SSSR count). The summed E-state index contributed by atoms with van der Waals surface area (Å²) in [5.74, 6) is 0.394. The molecule has 49 heavy (non-hydrogen) atoms. The van der Waals surface area contributed by atoms with E-state index in [9.17, 15) is 13.8 Å². The third kappa shape index (κ3) is 9.09. The molecular weight excluding hydrogens is 660 g/mol. The monoisotopic (exact) mass is 704 g/mol. The number of pyridine rings is 1. The van der Waals surface area contributed by atoms with Gasteiger partial charge in [0.25, 0.3) is 5.91 Å². The fourth-order valence-corrected chi connectivity index (χ4v) is 8.78. The average molecular weight is 705 g/mol. The number of aromatic nitrogens is 1. The summed E-state index contributed by atoms with van der Waals surface area (Å²) >= 11 is 6.45. The van der Waals surface area contributed by atoms with Crippen LogP contribution in [0.1, 0.15) is 72.0 Å². The molecule has 2 aliphatic heterocycles. The Hall–Kier alpha value is -3.73. The maximum absolute atomic E-state index is 14.2. The standard InChI is InChI=1S/C38H45ClN4O5S/c1-47-35-10-3-2-6-21-49(46,41-37(44)18-11-27-8-7-19-40-24-27)42-38(45)29-14-17-36-34(23-29)43(26-31-13-16-33(31)35)25-30-12-15-32(39)22-28(30)9-4-5-20-48-36/h3,7-8,10,12,14-15,17,19,22-24,31,33,35H,2,4-6,9,11,13,16,18,20-21,25-26H2,1H3,(H,41,42,44,45,46)/b10-3+/t31-,33+,35-,49+/m0/s1. The number of nitrogens with one attached hydrogen (secondary N) is 1.